The van der Waals surface area contributed by atoms with E-state index in [1.165, 1.54) is 11.8 Å². The SMILES string of the molecule is CCCN(C)c1cc(Cl)nc(SCc2cccc(C(=O)NCCCOC)c2)n1. The zero-order valence-corrected chi connectivity index (χ0v) is 18.1. The molecule has 1 amide bonds. The number of nitrogens with zero attached hydrogens (tertiary/aromatic N) is 3. The zero-order chi connectivity index (χ0) is 20.4. The number of benzene rings is 1. The van der Waals surface area contributed by atoms with E-state index in [9.17, 15) is 4.79 Å². The molecular weight excluding hydrogens is 396 g/mol. The van der Waals surface area contributed by atoms with Crippen LogP contribution in [0.5, 0.6) is 0 Å². The lowest BCUT2D eigenvalue weighted by atomic mass is 10.1. The van der Waals surface area contributed by atoms with Gasteiger partial charge < -0.3 is 15.0 Å². The molecule has 0 fully saturated rings. The third-order valence-corrected chi connectivity index (χ3v) is 5.09. The molecule has 0 unspecified atom stereocenters. The van der Waals surface area contributed by atoms with Gasteiger partial charge >= 0.3 is 0 Å². The van der Waals surface area contributed by atoms with Crippen LogP contribution in [0.15, 0.2) is 35.5 Å². The molecular formula is C20H27ClN4O2S. The molecule has 0 aliphatic rings. The van der Waals surface area contributed by atoms with Crippen LogP contribution in [0.2, 0.25) is 5.15 Å². The number of amides is 1. The van der Waals surface area contributed by atoms with Crippen molar-refractivity contribution in [2.45, 2.75) is 30.7 Å². The first-order valence-corrected chi connectivity index (χ1v) is 10.6. The molecule has 0 saturated heterocycles. The topological polar surface area (TPSA) is 67.4 Å². The number of rotatable bonds is 11. The number of hydrogen-bond donors (Lipinski definition) is 1. The highest BCUT2D eigenvalue weighted by Gasteiger charge is 2.10. The Morgan fingerprint density at radius 1 is 1.32 bits per heavy atom. The summed E-state index contributed by atoms with van der Waals surface area (Å²) in [6.07, 6.45) is 1.82. The lowest BCUT2D eigenvalue weighted by Crippen LogP contribution is -2.25. The molecule has 0 saturated carbocycles. The van der Waals surface area contributed by atoms with Crippen molar-refractivity contribution in [3.05, 3.63) is 46.6 Å². The van der Waals surface area contributed by atoms with Gasteiger partial charge in [-0.15, -0.1) is 0 Å². The van der Waals surface area contributed by atoms with E-state index >= 15 is 0 Å². The van der Waals surface area contributed by atoms with E-state index in [1.807, 2.05) is 31.3 Å². The maximum atomic E-state index is 12.3. The first-order valence-electron chi connectivity index (χ1n) is 9.28. The van der Waals surface area contributed by atoms with E-state index in [0.29, 0.717) is 34.8 Å². The molecule has 1 aromatic carbocycles. The normalized spacial score (nSPS) is 10.7. The summed E-state index contributed by atoms with van der Waals surface area (Å²) in [5.41, 5.74) is 1.67. The number of carbonyl (C=O) groups is 1. The fraction of sp³-hybridized carbons (Fsp3) is 0.450. The Bertz CT molecular complexity index is 776. The van der Waals surface area contributed by atoms with Gasteiger partial charge in [0.2, 0.25) is 0 Å². The van der Waals surface area contributed by atoms with Crippen molar-refractivity contribution in [2.24, 2.45) is 0 Å². The number of hydrogen-bond acceptors (Lipinski definition) is 6. The number of carbonyl (C=O) groups excluding carboxylic acids is 1. The second-order valence-corrected chi connectivity index (χ2v) is 7.67. The van der Waals surface area contributed by atoms with Crippen molar-refractivity contribution >= 4 is 35.1 Å². The van der Waals surface area contributed by atoms with Crippen LogP contribution in [-0.4, -0.2) is 49.7 Å². The third-order valence-electron chi connectivity index (χ3n) is 3.98. The lowest BCUT2D eigenvalue weighted by molar-refractivity contribution is 0.0948. The van der Waals surface area contributed by atoms with Gasteiger partial charge in [-0.2, -0.15) is 0 Å². The number of ether oxygens (including phenoxy) is 1. The van der Waals surface area contributed by atoms with Crippen LogP contribution in [0.25, 0.3) is 0 Å². The van der Waals surface area contributed by atoms with Gasteiger partial charge in [0.25, 0.3) is 5.91 Å². The molecule has 1 heterocycles. The van der Waals surface area contributed by atoms with Crippen molar-refractivity contribution in [3.8, 4) is 0 Å². The molecule has 0 aliphatic carbocycles. The number of thioether (sulfide) groups is 1. The molecule has 1 N–H and O–H groups in total. The van der Waals surface area contributed by atoms with Crippen molar-refractivity contribution < 1.29 is 9.53 Å². The summed E-state index contributed by atoms with van der Waals surface area (Å²) in [6, 6.07) is 9.36. The van der Waals surface area contributed by atoms with Gasteiger partial charge in [-0.05, 0) is 30.5 Å². The Balaban J connectivity index is 1.98. The predicted octanol–water partition coefficient (Wildman–Crippen LogP) is 4.03. The molecule has 6 nitrogen and oxygen atoms in total. The molecule has 0 bridgehead atoms. The Morgan fingerprint density at radius 2 is 2.14 bits per heavy atom. The summed E-state index contributed by atoms with van der Waals surface area (Å²) in [6.45, 7) is 4.25. The maximum Gasteiger partial charge on any atom is 0.251 e. The van der Waals surface area contributed by atoms with Gasteiger partial charge in [0.05, 0.1) is 0 Å². The minimum Gasteiger partial charge on any atom is -0.385 e. The molecule has 1 aromatic heterocycles. The highest BCUT2D eigenvalue weighted by molar-refractivity contribution is 7.98. The molecule has 2 aromatic rings. The number of aromatic nitrogens is 2. The maximum absolute atomic E-state index is 12.3. The smallest absolute Gasteiger partial charge is 0.251 e. The van der Waals surface area contributed by atoms with Crippen LogP contribution in [0, 0.1) is 0 Å². The number of methoxy groups -OCH3 is 1. The van der Waals surface area contributed by atoms with E-state index in [4.69, 9.17) is 16.3 Å². The second kappa shape index (κ2) is 11.9. The van der Waals surface area contributed by atoms with Gasteiger partial charge in [0.15, 0.2) is 5.16 Å². The highest BCUT2D eigenvalue weighted by atomic mass is 35.5. The molecule has 28 heavy (non-hydrogen) atoms. The van der Waals surface area contributed by atoms with Gasteiger partial charge in [-0.1, -0.05) is 42.4 Å². The zero-order valence-electron chi connectivity index (χ0n) is 16.6. The van der Waals surface area contributed by atoms with E-state index < -0.39 is 0 Å². The van der Waals surface area contributed by atoms with Crippen LogP contribution < -0.4 is 10.2 Å². The average Bonchev–Trinajstić information content (AvgIpc) is 2.69. The van der Waals surface area contributed by atoms with Crippen molar-refractivity contribution in [2.75, 3.05) is 38.8 Å². The summed E-state index contributed by atoms with van der Waals surface area (Å²) in [5.74, 6) is 1.39. The summed E-state index contributed by atoms with van der Waals surface area (Å²) in [7, 11) is 3.64. The molecule has 8 heteroatoms. The van der Waals surface area contributed by atoms with Crippen molar-refractivity contribution in [1.82, 2.24) is 15.3 Å². The molecule has 0 spiro atoms. The minimum absolute atomic E-state index is 0.0783. The van der Waals surface area contributed by atoms with Crippen LogP contribution in [-0.2, 0) is 10.5 Å². The lowest BCUT2D eigenvalue weighted by Gasteiger charge is -2.17. The quantitative estimate of drug-likeness (QED) is 0.255. The fourth-order valence-electron chi connectivity index (χ4n) is 2.57. The first kappa shape index (κ1) is 22.5. The molecule has 0 aliphatic heterocycles. The molecule has 0 atom stereocenters. The van der Waals surface area contributed by atoms with Gasteiger partial charge in [0.1, 0.15) is 11.0 Å². The van der Waals surface area contributed by atoms with E-state index in [1.54, 1.807) is 13.2 Å². The Kier molecular flexibility index (Phi) is 9.54. The third kappa shape index (κ3) is 7.30. The van der Waals surface area contributed by atoms with Crippen molar-refractivity contribution in [3.63, 3.8) is 0 Å². The highest BCUT2D eigenvalue weighted by Crippen LogP contribution is 2.24. The van der Waals surface area contributed by atoms with E-state index in [-0.39, 0.29) is 5.91 Å². The van der Waals surface area contributed by atoms with Gasteiger partial charge in [-0.25, -0.2) is 9.97 Å². The molecule has 152 valence electrons. The summed E-state index contributed by atoms with van der Waals surface area (Å²) < 4.78 is 4.99. The van der Waals surface area contributed by atoms with E-state index in [2.05, 4.69) is 27.1 Å². The Hall–Kier alpha value is -1.83. The van der Waals surface area contributed by atoms with E-state index in [0.717, 1.165) is 30.8 Å². The number of nitrogens with one attached hydrogen (secondary N) is 1. The Morgan fingerprint density at radius 3 is 2.89 bits per heavy atom. The number of anilines is 1. The first-order chi connectivity index (χ1) is 13.5. The average molecular weight is 423 g/mol. The predicted molar refractivity (Wildman–Crippen MR) is 115 cm³/mol. The van der Waals surface area contributed by atoms with Crippen LogP contribution in [0.1, 0.15) is 35.7 Å². The standard InChI is InChI=1S/C20H27ClN4O2S/c1-4-10-25(2)18-13-17(21)23-20(24-18)28-14-15-7-5-8-16(12-15)19(26)22-9-6-11-27-3/h5,7-8,12-13H,4,6,9-11,14H2,1-3H3,(H,22,26). The fourth-order valence-corrected chi connectivity index (χ4v) is 3.59. The largest absolute Gasteiger partial charge is 0.385 e. The summed E-state index contributed by atoms with van der Waals surface area (Å²) in [5, 5.41) is 3.96. The number of halogens is 1. The monoisotopic (exact) mass is 422 g/mol. The molecule has 0 radical (unpaired) electrons. The van der Waals surface area contributed by atoms with Gasteiger partial charge in [0, 0.05) is 51.2 Å². The second-order valence-electron chi connectivity index (χ2n) is 6.34. The van der Waals surface area contributed by atoms with Crippen LogP contribution in [0.3, 0.4) is 0 Å². The van der Waals surface area contributed by atoms with Crippen molar-refractivity contribution in [1.29, 1.82) is 0 Å². The molecule has 2 rings (SSSR count). The summed E-state index contributed by atoms with van der Waals surface area (Å²) >= 11 is 7.66. The minimum atomic E-state index is -0.0783. The van der Waals surface area contributed by atoms with Crippen LogP contribution >= 0.6 is 23.4 Å². The van der Waals surface area contributed by atoms with Gasteiger partial charge in [-0.3, -0.25) is 4.79 Å². The van der Waals surface area contributed by atoms with Crippen LogP contribution in [0.4, 0.5) is 5.82 Å². The summed E-state index contributed by atoms with van der Waals surface area (Å²) in [4.78, 5) is 23.2. The Labute approximate surface area is 176 Å².